The maximum absolute atomic E-state index is 11.5. The van der Waals surface area contributed by atoms with Crippen LogP contribution in [0.3, 0.4) is 0 Å². The van der Waals surface area contributed by atoms with Gasteiger partial charge in [0, 0.05) is 0 Å². The van der Waals surface area contributed by atoms with Crippen molar-refractivity contribution in [3.05, 3.63) is 95.6 Å². The van der Waals surface area contributed by atoms with Gasteiger partial charge < -0.3 is 10.2 Å². The molecule has 0 aliphatic heterocycles. The first kappa shape index (κ1) is 15.4. The van der Waals surface area contributed by atoms with Crippen LogP contribution in [0, 0.1) is 0 Å². The highest BCUT2D eigenvalue weighted by molar-refractivity contribution is 6.00. The van der Waals surface area contributed by atoms with Crippen molar-refractivity contribution >= 4 is 27.5 Å². The van der Waals surface area contributed by atoms with Crippen molar-refractivity contribution < 1.29 is 15.0 Å². The molecule has 4 aromatic rings. The van der Waals surface area contributed by atoms with E-state index in [9.17, 15) is 15.0 Å². The van der Waals surface area contributed by atoms with Crippen molar-refractivity contribution in [2.75, 3.05) is 0 Å². The molecule has 122 valence electrons. The SMILES string of the molecule is O=C(O)c1ccccc1C(O)c1cccc2cc3ccccc3cc12. The zero-order chi connectivity index (χ0) is 17.4. The third kappa shape index (κ3) is 2.65. The molecule has 2 N–H and O–H groups in total. The molecule has 0 fully saturated rings. The van der Waals surface area contributed by atoms with E-state index in [2.05, 4.69) is 12.1 Å². The fourth-order valence-corrected chi connectivity index (χ4v) is 3.33. The molecule has 0 aromatic heterocycles. The first-order chi connectivity index (χ1) is 12.1. The molecule has 0 saturated heterocycles. The lowest BCUT2D eigenvalue weighted by molar-refractivity contribution is 0.0691. The van der Waals surface area contributed by atoms with Crippen LogP contribution in [0.25, 0.3) is 21.5 Å². The molecular weight excluding hydrogens is 312 g/mol. The molecule has 0 radical (unpaired) electrons. The Morgan fingerprint density at radius 3 is 2.08 bits per heavy atom. The summed E-state index contributed by atoms with van der Waals surface area (Å²) in [6, 6.07) is 24.5. The summed E-state index contributed by atoms with van der Waals surface area (Å²) >= 11 is 0. The summed E-state index contributed by atoms with van der Waals surface area (Å²) in [6.07, 6.45) is -1.00. The van der Waals surface area contributed by atoms with Gasteiger partial charge in [0.2, 0.25) is 0 Å². The van der Waals surface area contributed by atoms with Gasteiger partial charge in [0.25, 0.3) is 0 Å². The molecule has 25 heavy (non-hydrogen) atoms. The average molecular weight is 328 g/mol. The number of hydrogen-bond acceptors (Lipinski definition) is 2. The Morgan fingerprint density at radius 2 is 1.32 bits per heavy atom. The normalized spacial score (nSPS) is 12.4. The van der Waals surface area contributed by atoms with E-state index in [1.807, 2.05) is 42.5 Å². The predicted octanol–water partition coefficient (Wildman–Crippen LogP) is 4.77. The van der Waals surface area contributed by atoms with E-state index in [-0.39, 0.29) is 5.56 Å². The molecule has 0 aliphatic rings. The van der Waals surface area contributed by atoms with Crippen molar-refractivity contribution in [2.45, 2.75) is 6.10 Å². The molecule has 3 heteroatoms. The molecule has 1 atom stereocenters. The molecule has 0 bridgehead atoms. The summed E-state index contributed by atoms with van der Waals surface area (Å²) < 4.78 is 0. The van der Waals surface area contributed by atoms with Crippen molar-refractivity contribution in [1.82, 2.24) is 0 Å². The molecule has 1 unspecified atom stereocenters. The summed E-state index contributed by atoms with van der Waals surface area (Å²) in [5, 5.41) is 24.5. The minimum Gasteiger partial charge on any atom is -0.478 e. The van der Waals surface area contributed by atoms with Crippen molar-refractivity contribution in [1.29, 1.82) is 0 Å². The Bertz CT molecular complexity index is 1100. The Kier molecular flexibility index (Phi) is 3.71. The highest BCUT2D eigenvalue weighted by Crippen LogP contribution is 2.33. The van der Waals surface area contributed by atoms with Gasteiger partial charge in [-0.05, 0) is 50.9 Å². The number of aromatic carboxylic acids is 1. The van der Waals surface area contributed by atoms with E-state index in [1.165, 1.54) is 6.07 Å². The van der Waals surface area contributed by atoms with Gasteiger partial charge in [-0.1, -0.05) is 60.7 Å². The molecule has 0 aliphatic carbocycles. The standard InChI is InChI=1S/C22H16O3/c23-21(17-9-3-4-10-19(17)22(24)25)18-11-5-8-16-12-14-6-1-2-7-15(14)13-20(16)18/h1-13,21,23H,(H,24,25). The monoisotopic (exact) mass is 328 g/mol. The summed E-state index contributed by atoms with van der Waals surface area (Å²) in [6.45, 7) is 0. The first-order valence-electron chi connectivity index (χ1n) is 8.07. The second-order valence-electron chi connectivity index (χ2n) is 6.06. The van der Waals surface area contributed by atoms with E-state index in [0.717, 1.165) is 21.5 Å². The van der Waals surface area contributed by atoms with Crippen LogP contribution in [0.5, 0.6) is 0 Å². The Hall–Kier alpha value is -3.17. The predicted molar refractivity (Wildman–Crippen MR) is 98.9 cm³/mol. The van der Waals surface area contributed by atoms with Gasteiger partial charge in [-0.2, -0.15) is 0 Å². The third-order valence-electron chi connectivity index (χ3n) is 4.56. The van der Waals surface area contributed by atoms with Crippen LogP contribution < -0.4 is 0 Å². The molecule has 0 heterocycles. The number of fused-ring (bicyclic) bond motifs is 2. The number of benzene rings is 4. The van der Waals surface area contributed by atoms with E-state index in [4.69, 9.17) is 0 Å². The number of carboxylic acid groups (broad SMARTS) is 1. The van der Waals surface area contributed by atoms with Crippen LogP contribution in [-0.2, 0) is 0 Å². The molecule has 4 aromatic carbocycles. The van der Waals surface area contributed by atoms with E-state index in [0.29, 0.717) is 11.1 Å². The molecule has 4 rings (SSSR count). The van der Waals surface area contributed by atoms with Crippen molar-refractivity contribution in [3.63, 3.8) is 0 Å². The fourth-order valence-electron chi connectivity index (χ4n) is 3.33. The summed E-state index contributed by atoms with van der Waals surface area (Å²) in [7, 11) is 0. The summed E-state index contributed by atoms with van der Waals surface area (Å²) in [5.41, 5.74) is 1.22. The lowest BCUT2D eigenvalue weighted by atomic mass is 9.92. The topological polar surface area (TPSA) is 57.5 Å². The zero-order valence-corrected chi connectivity index (χ0v) is 13.4. The molecular formula is C22H16O3. The number of aliphatic hydroxyl groups excluding tert-OH is 1. The van der Waals surface area contributed by atoms with Crippen molar-refractivity contribution in [3.8, 4) is 0 Å². The van der Waals surface area contributed by atoms with Crippen molar-refractivity contribution in [2.24, 2.45) is 0 Å². The van der Waals surface area contributed by atoms with Gasteiger partial charge in [0.05, 0.1) is 5.56 Å². The third-order valence-corrected chi connectivity index (χ3v) is 4.56. The summed E-state index contributed by atoms with van der Waals surface area (Å²) in [4.78, 5) is 11.5. The van der Waals surface area contributed by atoms with Gasteiger partial charge in [-0.15, -0.1) is 0 Å². The van der Waals surface area contributed by atoms with Gasteiger partial charge in [-0.3, -0.25) is 0 Å². The lowest BCUT2D eigenvalue weighted by Crippen LogP contribution is -2.08. The maximum atomic E-state index is 11.5. The molecule has 3 nitrogen and oxygen atoms in total. The van der Waals surface area contributed by atoms with Crippen LogP contribution in [0.2, 0.25) is 0 Å². The second kappa shape index (κ2) is 6.04. The van der Waals surface area contributed by atoms with Crippen LogP contribution in [0.4, 0.5) is 0 Å². The van der Waals surface area contributed by atoms with Gasteiger partial charge in [0.15, 0.2) is 0 Å². The minimum atomic E-state index is -1.04. The number of rotatable bonds is 3. The average Bonchev–Trinajstić information content (AvgIpc) is 2.65. The Balaban J connectivity index is 1.95. The van der Waals surface area contributed by atoms with Crippen LogP contribution >= 0.6 is 0 Å². The smallest absolute Gasteiger partial charge is 0.336 e. The zero-order valence-electron chi connectivity index (χ0n) is 13.4. The molecule has 0 spiro atoms. The Morgan fingerprint density at radius 1 is 0.720 bits per heavy atom. The first-order valence-corrected chi connectivity index (χ1v) is 8.07. The fraction of sp³-hybridized carbons (Fsp3) is 0.0455. The highest BCUT2D eigenvalue weighted by Gasteiger charge is 2.19. The summed E-state index contributed by atoms with van der Waals surface area (Å²) in [5.74, 6) is -1.04. The van der Waals surface area contributed by atoms with E-state index in [1.54, 1.807) is 18.2 Å². The van der Waals surface area contributed by atoms with Crippen LogP contribution in [0.1, 0.15) is 27.6 Å². The number of carbonyl (C=O) groups is 1. The van der Waals surface area contributed by atoms with Gasteiger partial charge in [0.1, 0.15) is 6.10 Å². The number of carboxylic acids is 1. The van der Waals surface area contributed by atoms with E-state index < -0.39 is 12.1 Å². The van der Waals surface area contributed by atoms with Gasteiger partial charge >= 0.3 is 5.97 Å². The molecule has 0 saturated carbocycles. The quantitative estimate of drug-likeness (QED) is 0.532. The largest absolute Gasteiger partial charge is 0.478 e. The number of aliphatic hydroxyl groups is 1. The van der Waals surface area contributed by atoms with Crippen LogP contribution in [0.15, 0.2) is 78.9 Å². The molecule has 0 amide bonds. The Labute approximate surface area is 144 Å². The maximum Gasteiger partial charge on any atom is 0.336 e. The number of hydrogen-bond donors (Lipinski definition) is 2. The lowest BCUT2D eigenvalue weighted by Gasteiger charge is -2.17. The van der Waals surface area contributed by atoms with E-state index >= 15 is 0 Å². The van der Waals surface area contributed by atoms with Gasteiger partial charge in [-0.25, -0.2) is 4.79 Å². The second-order valence-corrected chi connectivity index (χ2v) is 6.06. The highest BCUT2D eigenvalue weighted by atomic mass is 16.4. The van der Waals surface area contributed by atoms with Crippen LogP contribution in [-0.4, -0.2) is 16.2 Å². The minimum absolute atomic E-state index is 0.118.